The SMILES string of the molecule is CCCN(CCC)c1cnnc(N2CCN(c3ncccn3)CC2)n1. The van der Waals surface area contributed by atoms with Gasteiger partial charge in [-0.25, -0.2) is 9.97 Å². The Morgan fingerprint density at radius 1 is 0.920 bits per heavy atom. The van der Waals surface area contributed by atoms with Gasteiger partial charge in [0.1, 0.15) is 0 Å². The number of anilines is 3. The first-order valence-electron chi connectivity index (χ1n) is 9.03. The van der Waals surface area contributed by atoms with E-state index in [2.05, 4.69) is 48.7 Å². The van der Waals surface area contributed by atoms with E-state index < -0.39 is 0 Å². The Kier molecular flexibility index (Phi) is 5.92. The predicted octanol–water partition coefficient (Wildman–Crippen LogP) is 1.61. The van der Waals surface area contributed by atoms with E-state index in [0.29, 0.717) is 5.95 Å². The van der Waals surface area contributed by atoms with Gasteiger partial charge in [0.05, 0.1) is 6.20 Å². The van der Waals surface area contributed by atoms with Gasteiger partial charge in [0.25, 0.3) is 0 Å². The van der Waals surface area contributed by atoms with Crippen molar-refractivity contribution in [3.63, 3.8) is 0 Å². The minimum absolute atomic E-state index is 0.711. The summed E-state index contributed by atoms with van der Waals surface area (Å²) in [6, 6.07) is 1.84. The molecule has 25 heavy (non-hydrogen) atoms. The summed E-state index contributed by atoms with van der Waals surface area (Å²) in [6.07, 6.45) is 7.51. The maximum atomic E-state index is 4.76. The molecule has 0 saturated carbocycles. The smallest absolute Gasteiger partial charge is 0.247 e. The van der Waals surface area contributed by atoms with Crippen LogP contribution in [0.4, 0.5) is 17.7 Å². The van der Waals surface area contributed by atoms with Gasteiger partial charge in [-0.05, 0) is 18.9 Å². The molecule has 1 saturated heterocycles. The van der Waals surface area contributed by atoms with Crippen LogP contribution in [0.3, 0.4) is 0 Å². The molecule has 0 radical (unpaired) electrons. The van der Waals surface area contributed by atoms with E-state index in [1.54, 1.807) is 18.6 Å². The average Bonchev–Trinajstić information content (AvgIpc) is 2.69. The molecule has 3 heterocycles. The van der Waals surface area contributed by atoms with Crippen molar-refractivity contribution in [3.8, 4) is 0 Å². The normalized spacial score (nSPS) is 14.6. The van der Waals surface area contributed by atoms with Gasteiger partial charge in [-0.3, -0.25) is 0 Å². The molecule has 1 aliphatic heterocycles. The molecule has 0 unspecified atom stereocenters. The maximum Gasteiger partial charge on any atom is 0.247 e. The third kappa shape index (κ3) is 4.32. The zero-order valence-corrected chi connectivity index (χ0v) is 15.0. The van der Waals surface area contributed by atoms with Crippen molar-refractivity contribution in [1.82, 2.24) is 25.1 Å². The zero-order chi connectivity index (χ0) is 17.5. The molecule has 0 aliphatic carbocycles. The van der Waals surface area contributed by atoms with Crippen molar-refractivity contribution < 1.29 is 0 Å². The van der Waals surface area contributed by atoms with Crippen LogP contribution in [0.5, 0.6) is 0 Å². The highest BCUT2D eigenvalue weighted by Crippen LogP contribution is 2.17. The standard InChI is InChI=1S/C17H26N8/c1-3-8-23(9-4-2)15-14-20-22-17(21-15)25-12-10-24(11-13-25)16-18-6-5-7-19-16/h5-7,14H,3-4,8-13H2,1-2H3. The topological polar surface area (TPSA) is 74.2 Å². The predicted molar refractivity (Wildman–Crippen MR) is 99.1 cm³/mol. The largest absolute Gasteiger partial charge is 0.355 e. The average molecular weight is 342 g/mol. The van der Waals surface area contributed by atoms with Crippen LogP contribution in [0, 0.1) is 0 Å². The Morgan fingerprint density at radius 2 is 1.52 bits per heavy atom. The molecule has 1 fully saturated rings. The Morgan fingerprint density at radius 3 is 2.12 bits per heavy atom. The summed E-state index contributed by atoms with van der Waals surface area (Å²) in [4.78, 5) is 20.1. The van der Waals surface area contributed by atoms with E-state index in [1.165, 1.54) is 0 Å². The lowest BCUT2D eigenvalue weighted by Gasteiger charge is -2.34. The summed E-state index contributed by atoms with van der Waals surface area (Å²) in [7, 11) is 0. The lowest BCUT2D eigenvalue weighted by molar-refractivity contribution is 0.621. The van der Waals surface area contributed by atoms with Crippen molar-refractivity contribution in [2.75, 3.05) is 54.0 Å². The molecule has 0 atom stereocenters. The second-order valence-electron chi connectivity index (χ2n) is 6.12. The Balaban J connectivity index is 1.66. The molecule has 2 aromatic rings. The van der Waals surface area contributed by atoms with E-state index in [0.717, 1.165) is 63.9 Å². The van der Waals surface area contributed by atoms with Gasteiger partial charge in [0.15, 0.2) is 5.82 Å². The van der Waals surface area contributed by atoms with Gasteiger partial charge < -0.3 is 14.7 Å². The van der Waals surface area contributed by atoms with E-state index in [9.17, 15) is 0 Å². The second kappa shape index (κ2) is 8.55. The number of piperazine rings is 1. The van der Waals surface area contributed by atoms with Gasteiger partial charge in [0.2, 0.25) is 11.9 Å². The van der Waals surface area contributed by atoms with E-state index in [1.807, 2.05) is 6.07 Å². The van der Waals surface area contributed by atoms with Crippen molar-refractivity contribution >= 4 is 17.7 Å². The molecule has 8 heteroatoms. The lowest BCUT2D eigenvalue weighted by Crippen LogP contribution is -2.47. The number of rotatable bonds is 7. The van der Waals surface area contributed by atoms with Crippen molar-refractivity contribution in [3.05, 3.63) is 24.7 Å². The number of hydrogen-bond acceptors (Lipinski definition) is 8. The molecule has 0 amide bonds. The zero-order valence-electron chi connectivity index (χ0n) is 15.0. The summed E-state index contributed by atoms with van der Waals surface area (Å²) < 4.78 is 0. The summed E-state index contributed by atoms with van der Waals surface area (Å²) in [5.41, 5.74) is 0. The van der Waals surface area contributed by atoms with Gasteiger partial charge >= 0.3 is 0 Å². The van der Waals surface area contributed by atoms with Crippen LogP contribution < -0.4 is 14.7 Å². The molecule has 0 aromatic carbocycles. The second-order valence-corrected chi connectivity index (χ2v) is 6.12. The van der Waals surface area contributed by atoms with E-state index in [4.69, 9.17) is 4.98 Å². The highest BCUT2D eigenvalue weighted by atomic mass is 15.4. The fraction of sp³-hybridized carbons (Fsp3) is 0.588. The monoisotopic (exact) mass is 342 g/mol. The number of aromatic nitrogens is 5. The summed E-state index contributed by atoms with van der Waals surface area (Å²) in [6.45, 7) is 9.73. The Bertz CT molecular complexity index is 636. The highest BCUT2D eigenvalue weighted by molar-refractivity contribution is 5.43. The van der Waals surface area contributed by atoms with Gasteiger partial charge in [-0.15, -0.1) is 5.10 Å². The maximum absolute atomic E-state index is 4.76. The van der Waals surface area contributed by atoms with Crippen LogP contribution in [-0.4, -0.2) is 64.4 Å². The van der Waals surface area contributed by atoms with Crippen molar-refractivity contribution in [1.29, 1.82) is 0 Å². The molecule has 134 valence electrons. The van der Waals surface area contributed by atoms with Crippen LogP contribution in [0.15, 0.2) is 24.7 Å². The first kappa shape index (κ1) is 17.3. The summed E-state index contributed by atoms with van der Waals surface area (Å²) in [5.74, 6) is 2.41. The molecular weight excluding hydrogens is 316 g/mol. The Hall–Kier alpha value is -2.51. The van der Waals surface area contributed by atoms with Gasteiger partial charge in [-0.1, -0.05) is 13.8 Å². The van der Waals surface area contributed by atoms with E-state index >= 15 is 0 Å². The van der Waals surface area contributed by atoms with Crippen LogP contribution in [-0.2, 0) is 0 Å². The summed E-state index contributed by atoms with van der Waals surface area (Å²) in [5, 5.41) is 8.44. The molecule has 2 aromatic heterocycles. The third-order valence-corrected chi connectivity index (χ3v) is 4.24. The van der Waals surface area contributed by atoms with Crippen LogP contribution in [0.1, 0.15) is 26.7 Å². The molecule has 3 rings (SSSR count). The molecule has 1 aliphatic rings. The van der Waals surface area contributed by atoms with Crippen LogP contribution >= 0.6 is 0 Å². The molecular formula is C17H26N8. The van der Waals surface area contributed by atoms with Gasteiger partial charge in [0, 0.05) is 51.7 Å². The minimum Gasteiger partial charge on any atom is -0.355 e. The molecule has 0 N–H and O–H groups in total. The van der Waals surface area contributed by atoms with Crippen LogP contribution in [0.25, 0.3) is 0 Å². The molecule has 8 nitrogen and oxygen atoms in total. The number of nitrogens with zero attached hydrogens (tertiary/aromatic N) is 8. The first-order valence-corrected chi connectivity index (χ1v) is 9.03. The number of hydrogen-bond donors (Lipinski definition) is 0. The van der Waals surface area contributed by atoms with Crippen LogP contribution in [0.2, 0.25) is 0 Å². The fourth-order valence-corrected chi connectivity index (χ4v) is 3.01. The molecule has 0 spiro atoms. The van der Waals surface area contributed by atoms with Crippen molar-refractivity contribution in [2.24, 2.45) is 0 Å². The third-order valence-electron chi connectivity index (χ3n) is 4.24. The van der Waals surface area contributed by atoms with Crippen molar-refractivity contribution in [2.45, 2.75) is 26.7 Å². The molecule has 0 bridgehead atoms. The minimum atomic E-state index is 0.711. The fourth-order valence-electron chi connectivity index (χ4n) is 3.01. The summed E-state index contributed by atoms with van der Waals surface area (Å²) >= 11 is 0. The Labute approximate surface area is 148 Å². The first-order chi connectivity index (χ1) is 12.3. The highest BCUT2D eigenvalue weighted by Gasteiger charge is 2.21. The lowest BCUT2D eigenvalue weighted by atomic mass is 10.3. The van der Waals surface area contributed by atoms with E-state index in [-0.39, 0.29) is 0 Å². The van der Waals surface area contributed by atoms with Gasteiger partial charge in [-0.2, -0.15) is 10.1 Å². The quantitative estimate of drug-likeness (QED) is 0.751.